The summed E-state index contributed by atoms with van der Waals surface area (Å²) in [7, 11) is -16.2. The van der Waals surface area contributed by atoms with Crippen molar-refractivity contribution in [3.05, 3.63) is 0 Å². The summed E-state index contributed by atoms with van der Waals surface area (Å²) in [5, 5.41) is 0. The van der Waals surface area contributed by atoms with Crippen molar-refractivity contribution >= 4 is 38.9 Å². The molecule has 0 saturated carbocycles. The van der Waals surface area contributed by atoms with E-state index in [9.17, 15) is 20.4 Å². The summed E-state index contributed by atoms with van der Waals surface area (Å²) in [6.07, 6.45) is 0. The maximum absolute atomic E-state index is 13.3. The summed E-state index contributed by atoms with van der Waals surface area (Å²) in [6, 6.07) is 0. The molecule has 1 heterocycles. The van der Waals surface area contributed by atoms with E-state index in [0.717, 1.165) is 3.97 Å². The van der Waals surface area contributed by atoms with Gasteiger partial charge in [-0.2, -0.15) is 8.42 Å². The Bertz CT molecular complexity index is 690. The molecule has 0 radical (unpaired) electrons. The Balaban J connectivity index is 3.70. The number of hydrogen-bond donors (Lipinski definition) is 0. The lowest BCUT2D eigenvalue weighted by Crippen LogP contribution is -2.49. The molecular formula is C5H14F2N4O3S3Si. The number of nitrogens with zero attached hydrogens (tertiary/aromatic N) is 4. The molecule has 0 aromatic rings. The van der Waals surface area contributed by atoms with Crippen molar-refractivity contribution in [3.8, 4) is 0 Å². The van der Waals surface area contributed by atoms with E-state index in [-0.39, 0.29) is 6.54 Å². The van der Waals surface area contributed by atoms with Gasteiger partial charge in [0.05, 0.1) is 0 Å². The molecule has 18 heavy (non-hydrogen) atoms. The second-order valence-electron chi connectivity index (χ2n) is 4.42. The minimum absolute atomic E-state index is 0.118. The molecule has 1 aliphatic heterocycles. The van der Waals surface area contributed by atoms with Gasteiger partial charge in [-0.3, -0.25) is 0 Å². The van der Waals surface area contributed by atoms with Crippen molar-refractivity contribution in [3.63, 3.8) is 0 Å². The first-order valence-electron chi connectivity index (χ1n) is 4.83. The van der Waals surface area contributed by atoms with Crippen molar-refractivity contribution in [1.29, 1.82) is 0 Å². The fourth-order valence-corrected chi connectivity index (χ4v) is 10.7. The van der Waals surface area contributed by atoms with E-state index in [1.165, 1.54) is 0 Å². The summed E-state index contributed by atoms with van der Waals surface area (Å²) in [5.41, 5.74) is 0. The largest absolute Gasteiger partial charge is 0.338 e. The van der Waals surface area contributed by atoms with E-state index in [1.54, 1.807) is 26.6 Å². The van der Waals surface area contributed by atoms with Crippen LogP contribution >= 0.6 is 0 Å². The highest BCUT2D eigenvalue weighted by Gasteiger charge is 2.37. The first-order valence-corrected chi connectivity index (χ1v) is 12.5. The van der Waals surface area contributed by atoms with Crippen LogP contribution in [0.3, 0.4) is 0 Å². The van der Waals surface area contributed by atoms with Gasteiger partial charge in [0.2, 0.25) is 10.1 Å². The van der Waals surface area contributed by atoms with Crippen LogP contribution in [0.5, 0.6) is 0 Å². The summed E-state index contributed by atoms with van der Waals surface area (Å²) < 4.78 is 70.3. The van der Waals surface area contributed by atoms with Crippen molar-refractivity contribution in [2.45, 2.75) is 26.6 Å². The van der Waals surface area contributed by atoms with Gasteiger partial charge in [-0.15, -0.1) is 7.77 Å². The molecule has 13 heteroatoms. The van der Waals surface area contributed by atoms with Gasteiger partial charge in [0.1, 0.15) is 8.24 Å². The number of rotatable bonds is 3. The van der Waals surface area contributed by atoms with E-state index in [2.05, 4.69) is 11.3 Å². The molecule has 0 N–H and O–H groups in total. The molecule has 0 aromatic heterocycles. The monoisotopic (exact) mass is 340 g/mol. The molecule has 0 aromatic carbocycles. The zero-order chi connectivity index (χ0) is 14.4. The van der Waals surface area contributed by atoms with Crippen molar-refractivity contribution in [2.75, 3.05) is 6.54 Å². The molecule has 0 saturated heterocycles. The van der Waals surface area contributed by atoms with Crippen LogP contribution in [0.2, 0.25) is 19.6 Å². The van der Waals surface area contributed by atoms with Gasteiger partial charge < -0.3 is 0 Å². The molecule has 1 unspecified atom stereocenters. The predicted molar refractivity (Wildman–Crippen MR) is 69.7 cm³/mol. The lowest BCUT2D eigenvalue weighted by atomic mass is 10.8. The molecule has 0 aliphatic carbocycles. The topological polar surface area (TPSA) is 91.5 Å². The van der Waals surface area contributed by atoms with Crippen LogP contribution in [-0.2, 0) is 30.7 Å². The Labute approximate surface area is 108 Å². The first-order chi connectivity index (χ1) is 7.81. The third kappa shape index (κ3) is 3.46. The number of hydrogen-bond acceptors (Lipinski definition) is 3. The zero-order valence-corrected chi connectivity index (χ0v) is 13.7. The Kier molecular flexibility index (Phi) is 3.96. The molecule has 0 bridgehead atoms. The quantitative estimate of drug-likeness (QED) is 0.581. The molecule has 3 atom stereocenters. The highest BCUT2D eigenvalue weighted by molar-refractivity contribution is 8.11. The van der Waals surface area contributed by atoms with Crippen molar-refractivity contribution in [1.82, 2.24) is 3.97 Å². The maximum Gasteiger partial charge on any atom is 0.338 e. The van der Waals surface area contributed by atoms with Crippen LogP contribution in [0.15, 0.2) is 11.3 Å². The predicted octanol–water partition coefficient (Wildman–Crippen LogP) is 1.99. The third-order valence-corrected chi connectivity index (χ3v) is 11.4. The van der Waals surface area contributed by atoms with Gasteiger partial charge in [0, 0.05) is 6.54 Å². The Morgan fingerprint density at radius 2 is 1.44 bits per heavy atom. The smallest absolute Gasteiger partial charge is 0.221 e. The van der Waals surface area contributed by atoms with Gasteiger partial charge in [0.15, 0.2) is 0 Å². The standard InChI is InChI=1S/C5H14F2N4O3S3Si/c1-5-11(18(2,3)4)17(14)9-15(6,12)8-16(7,13)10-17/h5H2,1-4H3/t15-,16-/m1/s1. The van der Waals surface area contributed by atoms with E-state index in [1.807, 2.05) is 0 Å². The third-order valence-electron chi connectivity index (χ3n) is 1.88. The zero-order valence-electron chi connectivity index (χ0n) is 10.2. The molecule has 0 spiro atoms. The molecule has 1 aliphatic rings. The van der Waals surface area contributed by atoms with E-state index >= 15 is 0 Å². The molecular weight excluding hydrogens is 326 g/mol. The minimum atomic E-state index is -4.95. The van der Waals surface area contributed by atoms with Gasteiger partial charge in [-0.1, -0.05) is 37.9 Å². The van der Waals surface area contributed by atoms with E-state index < -0.39 is 38.9 Å². The van der Waals surface area contributed by atoms with E-state index in [4.69, 9.17) is 0 Å². The summed E-state index contributed by atoms with van der Waals surface area (Å²) in [5.74, 6) is 0. The Morgan fingerprint density at radius 1 is 1.00 bits per heavy atom. The maximum atomic E-state index is 13.3. The molecule has 0 fully saturated rings. The van der Waals surface area contributed by atoms with Crippen LogP contribution < -0.4 is 0 Å². The second-order valence-corrected chi connectivity index (χ2v) is 14.5. The molecule has 7 nitrogen and oxygen atoms in total. The van der Waals surface area contributed by atoms with Crippen LogP contribution in [0, 0.1) is 0 Å². The van der Waals surface area contributed by atoms with Gasteiger partial charge in [-0.25, -0.2) is 8.18 Å². The second kappa shape index (κ2) is 4.47. The van der Waals surface area contributed by atoms with Crippen molar-refractivity contribution in [2.24, 2.45) is 11.3 Å². The van der Waals surface area contributed by atoms with Crippen LogP contribution in [0.1, 0.15) is 6.92 Å². The average Bonchev–Trinajstić information content (AvgIpc) is 1.91. The lowest BCUT2D eigenvalue weighted by Gasteiger charge is -2.32. The average molecular weight is 340 g/mol. The molecule has 1 rings (SSSR count). The Morgan fingerprint density at radius 3 is 1.78 bits per heavy atom. The van der Waals surface area contributed by atoms with Crippen LogP contribution in [0.4, 0.5) is 7.77 Å². The van der Waals surface area contributed by atoms with E-state index in [0.29, 0.717) is 0 Å². The molecule has 108 valence electrons. The first kappa shape index (κ1) is 15.9. The highest BCUT2D eigenvalue weighted by Crippen LogP contribution is 2.27. The normalized spacial score (nSPS) is 40.8. The lowest BCUT2D eigenvalue weighted by molar-refractivity contribution is 0.602. The fourth-order valence-electron chi connectivity index (χ4n) is 1.47. The van der Waals surface area contributed by atoms with Gasteiger partial charge >= 0.3 is 20.6 Å². The van der Waals surface area contributed by atoms with Crippen LogP contribution in [0.25, 0.3) is 0 Å². The summed E-state index contributed by atoms with van der Waals surface area (Å²) >= 11 is 0. The summed E-state index contributed by atoms with van der Waals surface area (Å²) in [6.45, 7) is 6.91. The summed E-state index contributed by atoms with van der Waals surface area (Å²) in [4.78, 5) is 0. The minimum Gasteiger partial charge on any atom is -0.221 e. The Hall–Kier alpha value is -0.113. The number of halogens is 2. The van der Waals surface area contributed by atoms with Crippen LogP contribution in [-0.4, -0.2) is 31.4 Å². The van der Waals surface area contributed by atoms with Gasteiger partial charge in [-0.05, 0) is 0 Å². The highest BCUT2D eigenvalue weighted by atomic mass is 32.3. The fraction of sp³-hybridized carbons (Fsp3) is 1.00. The molecule has 0 amide bonds. The SMILES string of the molecule is CCN([Si](C)(C)C)S1(=O)=N[S@@](=O)(F)=N[S@](=O)(F)=N1. The van der Waals surface area contributed by atoms with Crippen molar-refractivity contribution < 1.29 is 20.4 Å². The van der Waals surface area contributed by atoms with Gasteiger partial charge in [0.25, 0.3) is 0 Å².